The predicted molar refractivity (Wildman–Crippen MR) is 127 cm³/mol. The first kappa shape index (κ1) is 23.7. The summed E-state index contributed by atoms with van der Waals surface area (Å²) < 4.78 is 0. The lowest BCUT2D eigenvalue weighted by molar-refractivity contribution is -0.118. The zero-order valence-electron chi connectivity index (χ0n) is 17.7. The van der Waals surface area contributed by atoms with Gasteiger partial charge in [0.1, 0.15) is 6.04 Å². The molecular formula is C22H24N6O4S. The minimum atomic E-state index is -1.30. The number of benzene rings is 1. The SMILES string of the molecule is Nc1ccccc1NC(=O)CCCCC(NC(=O)O)C(=O)Nc1nc(-c2ccncc2)cs1. The van der Waals surface area contributed by atoms with Crippen LogP contribution in [0.3, 0.4) is 0 Å². The van der Waals surface area contributed by atoms with Crippen molar-refractivity contribution in [2.45, 2.75) is 31.7 Å². The van der Waals surface area contributed by atoms with Crippen molar-refractivity contribution in [1.82, 2.24) is 15.3 Å². The monoisotopic (exact) mass is 468 g/mol. The van der Waals surface area contributed by atoms with E-state index in [9.17, 15) is 14.4 Å². The highest BCUT2D eigenvalue weighted by Gasteiger charge is 2.21. The molecule has 0 aliphatic rings. The van der Waals surface area contributed by atoms with E-state index < -0.39 is 18.0 Å². The second kappa shape index (κ2) is 11.6. The number of nitrogen functional groups attached to an aromatic ring is 1. The fraction of sp³-hybridized carbons (Fsp3) is 0.227. The Balaban J connectivity index is 1.49. The second-order valence-electron chi connectivity index (χ2n) is 7.15. The molecule has 3 amide bonds. The van der Waals surface area contributed by atoms with E-state index in [2.05, 4.69) is 25.9 Å². The van der Waals surface area contributed by atoms with Gasteiger partial charge in [0, 0.05) is 29.8 Å². The Morgan fingerprint density at radius 3 is 2.55 bits per heavy atom. The van der Waals surface area contributed by atoms with E-state index in [1.807, 2.05) is 0 Å². The normalized spacial score (nSPS) is 11.4. The van der Waals surface area contributed by atoms with Crippen LogP contribution in [-0.2, 0) is 9.59 Å². The van der Waals surface area contributed by atoms with Crippen molar-refractivity contribution in [2.24, 2.45) is 0 Å². The summed E-state index contributed by atoms with van der Waals surface area (Å²) in [5.74, 6) is -0.707. The topological polar surface area (TPSA) is 159 Å². The summed E-state index contributed by atoms with van der Waals surface area (Å²) in [5, 5.41) is 18.9. The molecule has 2 heterocycles. The molecule has 1 atom stereocenters. The van der Waals surface area contributed by atoms with Gasteiger partial charge in [-0.25, -0.2) is 9.78 Å². The van der Waals surface area contributed by atoms with Crippen LogP contribution in [0.25, 0.3) is 11.3 Å². The molecule has 11 heteroatoms. The zero-order valence-corrected chi connectivity index (χ0v) is 18.5. The Morgan fingerprint density at radius 1 is 1.06 bits per heavy atom. The van der Waals surface area contributed by atoms with Gasteiger partial charge in [0.05, 0.1) is 17.1 Å². The molecule has 33 heavy (non-hydrogen) atoms. The first-order valence-corrected chi connectivity index (χ1v) is 11.1. The number of anilines is 3. The fourth-order valence-corrected chi connectivity index (χ4v) is 3.78. The van der Waals surface area contributed by atoms with Gasteiger partial charge >= 0.3 is 6.09 Å². The number of thiazole rings is 1. The molecule has 3 aromatic rings. The third-order valence-corrected chi connectivity index (χ3v) is 5.46. The van der Waals surface area contributed by atoms with Gasteiger partial charge < -0.3 is 26.8 Å². The van der Waals surface area contributed by atoms with Crippen molar-refractivity contribution in [3.8, 4) is 11.3 Å². The van der Waals surface area contributed by atoms with Gasteiger partial charge in [0.15, 0.2) is 5.13 Å². The number of nitrogens with one attached hydrogen (secondary N) is 3. The molecule has 10 nitrogen and oxygen atoms in total. The van der Waals surface area contributed by atoms with E-state index >= 15 is 0 Å². The van der Waals surface area contributed by atoms with Crippen molar-refractivity contribution in [3.63, 3.8) is 0 Å². The van der Waals surface area contributed by atoms with Crippen molar-refractivity contribution >= 4 is 45.8 Å². The van der Waals surface area contributed by atoms with Gasteiger partial charge in [-0.3, -0.25) is 14.6 Å². The number of para-hydroxylation sites is 2. The molecule has 0 spiro atoms. The van der Waals surface area contributed by atoms with Crippen molar-refractivity contribution < 1.29 is 19.5 Å². The summed E-state index contributed by atoms with van der Waals surface area (Å²) >= 11 is 1.24. The molecule has 0 aliphatic heterocycles. The first-order valence-electron chi connectivity index (χ1n) is 10.2. The van der Waals surface area contributed by atoms with E-state index in [0.29, 0.717) is 35.0 Å². The molecule has 3 rings (SSSR count). The molecular weight excluding hydrogens is 444 g/mol. The van der Waals surface area contributed by atoms with Crippen molar-refractivity contribution in [1.29, 1.82) is 0 Å². The number of carboxylic acid groups (broad SMARTS) is 1. The molecule has 1 unspecified atom stereocenters. The van der Waals surface area contributed by atoms with Gasteiger partial charge in [-0.2, -0.15) is 0 Å². The maximum absolute atomic E-state index is 12.6. The number of carbonyl (C=O) groups excluding carboxylic acids is 2. The summed E-state index contributed by atoms with van der Waals surface area (Å²) in [6, 6.07) is 9.59. The third kappa shape index (κ3) is 7.28. The lowest BCUT2D eigenvalue weighted by atomic mass is 10.1. The molecule has 0 saturated carbocycles. The van der Waals surface area contributed by atoms with Crippen LogP contribution in [0.5, 0.6) is 0 Å². The number of hydrogen-bond donors (Lipinski definition) is 5. The summed E-state index contributed by atoms with van der Waals surface area (Å²) in [4.78, 5) is 44.2. The van der Waals surface area contributed by atoms with Crippen LogP contribution in [0.15, 0.2) is 54.2 Å². The van der Waals surface area contributed by atoms with Crippen LogP contribution in [0.2, 0.25) is 0 Å². The van der Waals surface area contributed by atoms with E-state index in [4.69, 9.17) is 10.8 Å². The molecule has 1 aromatic carbocycles. The lowest BCUT2D eigenvalue weighted by Gasteiger charge is -2.15. The Labute approximate surface area is 194 Å². The summed E-state index contributed by atoms with van der Waals surface area (Å²) in [5.41, 5.74) is 8.37. The van der Waals surface area contributed by atoms with Gasteiger partial charge in [-0.1, -0.05) is 18.6 Å². The number of unbranched alkanes of at least 4 members (excludes halogenated alkanes) is 1. The van der Waals surface area contributed by atoms with E-state index in [0.717, 1.165) is 5.56 Å². The molecule has 0 fully saturated rings. The van der Waals surface area contributed by atoms with Gasteiger partial charge in [-0.15, -0.1) is 11.3 Å². The Bertz CT molecular complexity index is 1110. The average molecular weight is 469 g/mol. The minimum absolute atomic E-state index is 0.202. The van der Waals surface area contributed by atoms with Crippen LogP contribution >= 0.6 is 11.3 Å². The van der Waals surface area contributed by atoms with Crippen LogP contribution in [-0.4, -0.2) is 39.0 Å². The standard InChI is InChI=1S/C22H24N6O4S/c23-15-5-1-2-6-16(15)25-19(29)8-4-3-7-17(27-22(31)32)20(30)28-21-26-18(13-33-21)14-9-11-24-12-10-14/h1-2,5-6,9-13,17,27H,3-4,7-8,23H2,(H,25,29)(H,31,32)(H,26,28,30). The number of hydrogen-bond acceptors (Lipinski definition) is 7. The summed E-state index contributed by atoms with van der Waals surface area (Å²) in [7, 11) is 0. The van der Waals surface area contributed by atoms with E-state index in [1.54, 1.807) is 54.2 Å². The number of rotatable bonds is 10. The van der Waals surface area contributed by atoms with Crippen molar-refractivity contribution in [3.05, 3.63) is 54.2 Å². The lowest BCUT2D eigenvalue weighted by Crippen LogP contribution is -2.43. The van der Waals surface area contributed by atoms with Crippen LogP contribution in [0, 0.1) is 0 Å². The smallest absolute Gasteiger partial charge is 0.405 e. The Hall–Kier alpha value is -3.99. The number of pyridine rings is 1. The first-order chi connectivity index (χ1) is 15.9. The largest absolute Gasteiger partial charge is 0.465 e. The molecule has 0 aliphatic carbocycles. The molecule has 0 saturated heterocycles. The second-order valence-corrected chi connectivity index (χ2v) is 8.00. The maximum Gasteiger partial charge on any atom is 0.405 e. The maximum atomic E-state index is 12.6. The highest BCUT2D eigenvalue weighted by Crippen LogP contribution is 2.24. The van der Waals surface area contributed by atoms with E-state index in [1.165, 1.54) is 11.3 Å². The third-order valence-electron chi connectivity index (χ3n) is 4.71. The summed E-state index contributed by atoms with van der Waals surface area (Å²) in [6.45, 7) is 0. The average Bonchev–Trinajstić information content (AvgIpc) is 3.26. The number of aromatic nitrogens is 2. The van der Waals surface area contributed by atoms with Crippen LogP contribution in [0.1, 0.15) is 25.7 Å². The fourth-order valence-electron chi connectivity index (χ4n) is 3.05. The van der Waals surface area contributed by atoms with Crippen molar-refractivity contribution in [2.75, 3.05) is 16.4 Å². The number of amides is 3. The van der Waals surface area contributed by atoms with Gasteiger partial charge in [0.25, 0.3) is 0 Å². The molecule has 172 valence electrons. The van der Waals surface area contributed by atoms with Gasteiger partial charge in [-0.05, 0) is 37.1 Å². The minimum Gasteiger partial charge on any atom is -0.465 e. The molecule has 6 N–H and O–H groups in total. The molecule has 0 radical (unpaired) electrons. The quantitative estimate of drug-likeness (QED) is 0.225. The Morgan fingerprint density at radius 2 is 1.82 bits per heavy atom. The highest BCUT2D eigenvalue weighted by molar-refractivity contribution is 7.14. The zero-order chi connectivity index (χ0) is 23.6. The highest BCUT2D eigenvalue weighted by atomic mass is 32.1. The molecule has 2 aromatic heterocycles. The Kier molecular flexibility index (Phi) is 8.30. The van der Waals surface area contributed by atoms with Gasteiger partial charge in [0.2, 0.25) is 11.8 Å². The number of nitrogens with two attached hydrogens (primary N) is 1. The van der Waals surface area contributed by atoms with Crippen LogP contribution in [0.4, 0.5) is 21.3 Å². The number of nitrogens with zero attached hydrogens (tertiary/aromatic N) is 2. The summed E-state index contributed by atoms with van der Waals surface area (Å²) in [6.07, 6.45) is 3.40. The molecule has 0 bridgehead atoms. The van der Waals surface area contributed by atoms with E-state index in [-0.39, 0.29) is 18.7 Å². The van der Waals surface area contributed by atoms with Crippen LogP contribution < -0.4 is 21.7 Å². The predicted octanol–water partition coefficient (Wildman–Crippen LogP) is 3.56. The number of carbonyl (C=O) groups is 3.